The Morgan fingerprint density at radius 1 is 1.62 bits per heavy atom. The van der Waals surface area contributed by atoms with Gasteiger partial charge >= 0.3 is 0 Å². The quantitative estimate of drug-likeness (QED) is 0.487. The Labute approximate surface area is 82.1 Å². The topological polar surface area (TPSA) is 26.3 Å². The second-order valence-electron chi connectivity index (χ2n) is 3.88. The van der Waals surface area contributed by atoms with Crippen molar-refractivity contribution >= 4 is 14.1 Å². The lowest BCUT2D eigenvalue weighted by molar-refractivity contribution is -0.120. The van der Waals surface area contributed by atoms with Crippen molar-refractivity contribution in [3.8, 4) is 0 Å². The summed E-state index contributed by atoms with van der Waals surface area (Å²) in [6.45, 7) is 11.7. The fraction of sp³-hybridized carbons (Fsp3) is 0.700. The van der Waals surface area contributed by atoms with Crippen LogP contribution >= 0.6 is 0 Å². The van der Waals surface area contributed by atoms with E-state index in [2.05, 4.69) is 26.6 Å². The summed E-state index contributed by atoms with van der Waals surface area (Å²) in [6, 6.07) is 1.10. The maximum Gasteiger partial charge on any atom is 0.187 e. The maximum absolute atomic E-state index is 11.2. The smallest absolute Gasteiger partial charge is 0.187 e. The molecule has 0 N–H and O–H groups in total. The number of carbonyl (C=O) groups is 1. The molecule has 0 bridgehead atoms. The Balaban J connectivity index is 4.09. The van der Waals surface area contributed by atoms with E-state index in [4.69, 9.17) is 4.43 Å². The van der Waals surface area contributed by atoms with Crippen LogP contribution in [0.4, 0.5) is 0 Å². The summed E-state index contributed by atoms with van der Waals surface area (Å²) >= 11 is 0. The van der Waals surface area contributed by atoms with Crippen LogP contribution in [-0.4, -0.2) is 20.2 Å². The highest BCUT2D eigenvalue weighted by atomic mass is 28.4. The van der Waals surface area contributed by atoms with Crippen molar-refractivity contribution in [1.29, 1.82) is 0 Å². The average molecular weight is 200 g/mol. The third kappa shape index (κ3) is 5.00. The number of rotatable bonds is 6. The molecule has 1 unspecified atom stereocenters. The van der Waals surface area contributed by atoms with E-state index in [1.54, 1.807) is 6.92 Å². The summed E-state index contributed by atoms with van der Waals surface area (Å²) in [6.07, 6.45) is 2.14. The van der Waals surface area contributed by atoms with Gasteiger partial charge < -0.3 is 4.43 Å². The number of carbonyl (C=O) groups excluding carboxylic acids is 1. The van der Waals surface area contributed by atoms with Gasteiger partial charge in [0.25, 0.3) is 0 Å². The minimum Gasteiger partial charge on any atom is -0.407 e. The van der Waals surface area contributed by atoms with Crippen LogP contribution < -0.4 is 0 Å². The van der Waals surface area contributed by atoms with Crippen molar-refractivity contribution in [2.75, 3.05) is 0 Å². The van der Waals surface area contributed by atoms with Crippen LogP contribution in [0.2, 0.25) is 19.1 Å². The predicted molar refractivity (Wildman–Crippen MR) is 58.3 cm³/mol. The summed E-state index contributed by atoms with van der Waals surface area (Å²) < 4.78 is 5.75. The largest absolute Gasteiger partial charge is 0.407 e. The molecule has 0 aromatic heterocycles. The zero-order chi connectivity index (χ0) is 10.5. The molecule has 0 radical (unpaired) electrons. The average Bonchev–Trinajstić information content (AvgIpc) is 2.01. The first-order valence-corrected chi connectivity index (χ1v) is 7.88. The van der Waals surface area contributed by atoms with E-state index in [0.717, 1.165) is 12.5 Å². The summed E-state index contributed by atoms with van der Waals surface area (Å²) in [5.41, 5.74) is 0. The SMILES string of the molecule is C=CC(=O)C(C)O[Si](C)(C)CCC. The van der Waals surface area contributed by atoms with Gasteiger partial charge in [-0.1, -0.05) is 19.9 Å². The van der Waals surface area contributed by atoms with Crippen molar-refractivity contribution in [3.63, 3.8) is 0 Å². The number of ketones is 1. The standard InChI is InChI=1S/C10H20O2Si/c1-6-8-13(4,5)12-9(3)10(11)7-2/h7,9H,2,6,8H2,1,3-5H3. The molecule has 0 heterocycles. The van der Waals surface area contributed by atoms with Gasteiger partial charge in [-0.25, -0.2) is 0 Å². The van der Waals surface area contributed by atoms with Crippen molar-refractivity contribution in [1.82, 2.24) is 0 Å². The van der Waals surface area contributed by atoms with Gasteiger partial charge in [-0.15, -0.1) is 0 Å². The van der Waals surface area contributed by atoms with E-state index in [-0.39, 0.29) is 11.9 Å². The first-order valence-electron chi connectivity index (χ1n) is 4.77. The molecule has 0 aliphatic heterocycles. The van der Waals surface area contributed by atoms with Crippen molar-refractivity contribution < 1.29 is 9.22 Å². The van der Waals surface area contributed by atoms with Crippen LogP contribution in [-0.2, 0) is 9.22 Å². The van der Waals surface area contributed by atoms with Crippen molar-refractivity contribution in [2.24, 2.45) is 0 Å². The maximum atomic E-state index is 11.2. The van der Waals surface area contributed by atoms with E-state index < -0.39 is 8.32 Å². The first kappa shape index (κ1) is 12.6. The second kappa shape index (κ2) is 5.35. The van der Waals surface area contributed by atoms with Gasteiger partial charge in [0, 0.05) is 0 Å². The molecule has 0 aromatic carbocycles. The number of hydrogen-bond donors (Lipinski definition) is 0. The van der Waals surface area contributed by atoms with Gasteiger partial charge in [0.1, 0.15) is 6.10 Å². The van der Waals surface area contributed by atoms with Crippen LogP contribution in [0.1, 0.15) is 20.3 Å². The van der Waals surface area contributed by atoms with Crippen molar-refractivity contribution in [2.45, 2.75) is 45.5 Å². The minimum atomic E-state index is -1.61. The molecule has 2 nitrogen and oxygen atoms in total. The van der Waals surface area contributed by atoms with Crippen LogP contribution in [0.3, 0.4) is 0 Å². The number of hydrogen-bond acceptors (Lipinski definition) is 2. The van der Waals surface area contributed by atoms with Gasteiger partial charge in [-0.2, -0.15) is 0 Å². The summed E-state index contributed by atoms with van der Waals surface area (Å²) in [7, 11) is -1.61. The molecule has 3 heteroatoms. The highest BCUT2D eigenvalue weighted by Crippen LogP contribution is 2.16. The van der Waals surface area contributed by atoms with E-state index in [0.29, 0.717) is 0 Å². The molecule has 0 fully saturated rings. The van der Waals surface area contributed by atoms with E-state index in [9.17, 15) is 4.79 Å². The molecule has 0 spiro atoms. The summed E-state index contributed by atoms with van der Waals surface area (Å²) in [4.78, 5) is 11.2. The first-order chi connectivity index (χ1) is 5.93. The summed E-state index contributed by atoms with van der Waals surface area (Å²) in [5, 5.41) is 0. The predicted octanol–water partition coefficient (Wildman–Crippen LogP) is 2.76. The molecular weight excluding hydrogens is 180 g/mol. The molecule has 0 saturated carbocycles. The fourth-order valence-electron chi connectivity index (χ4n) is 1.36. The monoisotopic (exact) mass is 200 g/mol. The third-order valence-electron chi connectivity index (χ3n) is 1.95. The Kier molecular flexibility index (Phi) is 5.18. The zero-order valence-corrected chi connectivity index (χ0v) is 10.1. The fourth-order valence-corrected chi connectivity index (χ4v) is 3.76. The Morgan fingerprint density at radius 3 is 2.54 bits per heavy atom. The van der Waals surface area contributed by atoms with Crippen LogP contribution in [0.5, 0.6) is 0 Å². The second-order valence-corrected chi connectivity index (χ2v) is 8.13. The molecule has 1 atom stereocenters. The van der Waals surface area contributed by atoms with E-state index in [1.165, 1.54) is 6.08 Å². The highest BCUT2D eigenvalue weighted by Gasteiger charge is 2.25. The van der Waals surface area contributed by atoms with Gasteiger partial charge in [-0.05, 0) is 32.1 Å². The molecule has 0 rings (SSSR count). The van der Waals surface area contributed by atoms with E-state index in [1.807, 2.05) is 0 Å². The molecular formula is C10H20O2Si. The van der Waals surface area contributed by atoms with Crippen LogP contribution in [0.25, 0.3) is 0 Å². The molecule has 0 amide bonds. The van der Waals surface area contributed by atoms with Gasteiger partial charge in [-0.3, -0.25) is 4.79 Å². The van der Waals surface area contributed by atoms with Crippen LogP contribution in [0, 0.1) is 0 Å². The molecule has 0 saturated heterocycles. The Bertz CT molecular complexity index is 187. The lowest BCUT2D eigenvalue weighted by Gasteiger charge is -2.25. The lowest BCUT2D eigenvalue weighted by Crippen LogP contribution is -2.36. The van der Waals surface area contributed by atoms with Gasteiger partial charge in [0.2, 0.25) is 0 Å². The van der Waals surface area contributed by atoms with Crippen molar-refractivity contribution in [3.05, 3.63) is 12.7 Å². The normalized spacial score (nSPS) is 13.8. The molecule has 0 aliphatic rings. The highest BCUT2D eigenvalue weighted by molar-refractivity contribution is 6.71. The van der Waals surface area contributed by atoms with Crippen LogP contribution in [0.15, 0.2) is 12.7 Å². The Morgan fingerprint density at radius 2 is 2.15 bits per heavy atom. The lowest BCUT2D eigenvalue weighted by atomic mass is 10.3. The summed E-state index contributed by atoms with van der Waals surface area (Å²) in [5.74, 6) is -0.0170. The molecule has 0 aliphatic carbocycles. The molecule has 13 heavy (non-hydrogen) atoms. The van der Waals surface area contributed by atoms with Gasteiger partial charge in [0.05, 0.1) is 0 Å². The molecule has 76 valence electrons. The van der Waals surface area contributed by atoms with Gasteiger partial charge in [0.15, 0.2) is 14.1 Å². The zero-order valence-electron chi connectivity index (χ0n) is 9.09. The van der Waals surface area contributed by atoms with E-state index >= 15 is 0 Å². The Hall–Kier alpha value is -0.413. The minimum absolute atomic E-state index is 0.0170. The third-order valence-corrected chi connectivity index (χ3v) is 4.65. The molecule has 0 aromatic rings.